The Labute approximate surface area is 146 Å². The molecular weight excluding hydrogens is 326 g/mol. The Hall–Kier alpha value is -2.31. The Kier molecular flexibility index (Phi) is 6.61. The van der Waals surface area contributed by atoms with Crippen molar-refractivity contribution in [2.24, 2.45) is 5.92 Å². The van der Waals surface area contributed by atoms with Crippen molar-refractivity contribution in [3.05, 3.63) is 59.2 Å². The van der Waals surface area contributed by atoms with Crippen LogP contribution in [0.25, 0.3) is 0 Å². The first-order valence-electron chi connectivity index (χ1n) is 8.19. The fourth-order valence-electron chi connectivity index (χ4n) is 2.24. The maximum atomic E-state index is 14.0. The molecule has 1 amide bonds. The van der Waals surface area contributed by atoms with E-state index in [-0.39, 0.29) is 5.56 Å². The first kappa shape index (κ1) is 19.0. The van der Waals surface area contributed by atoms with E-state index in [2.05, 4.69) is 24.9 Å². The molecule has 0 bridgehead atoms. The van der Waals surface area contributed by atoms with Crippen LogP contribution in [0.5, 0.6) is 11.5 Å². The number of rotatable bonds is 8. The van der Waals surface area contributed by atoms with Crippen LogP contribution in [0.2, 0.25) is 0 Å². The molecule has 4 N–H and O–H groups in total. The third kappa shape index (κ3) is 5.62. The van der Waals surface area contributed by atoms with Crippen LogP contribution in [0.15, 0.2) is 36.4 Å². The van der Waals surface area contributed by atoms with Crippen molar-refractivity contribution < 1.29 is 24.0 Å². The number of hydrogen-bond acceptors (Lipinski definition) is 3. The molecule has 0 radical (unpaired) electrons. The normalized spacial score (nSPS) is 11.0. The van der Waals surface area contributed by atoms with Crippen molar-refractivity contribution in [3.63, 3.8) is 0 Å². The lowest BCUT2D eigenvalue weighted by Crippen LogP contribution is -2.56. The molecule has 2 aromatic carbocycles. The summed E-state index contributed by atoms with van der Waals surface area (Å²) in [6, 6.07) is 8.81. The number of ether oxygens (including phenoxy) is 1. The summed E-state index contributed by atoms with van der Waals surface area (Å²) in [6.45, 7) is 6.00. The highest BCUT2D eigenvalue weighted by molar-refractivity contribution is 5.86. The molecule has 4 nitrogen and oxygen atoms in total. The number of amides is 1. The summed E-state index contributed by atoms with van der Waals surface area (Å²) in [5.74, 6) is -2.10. The van der Waals surface area contributed by atoms with Crippen molar-refractivity contribution in [3.8, 4) is 11.5 Å². The Morgan fingerprint density at radius 2 is 1.76 bits per heavy atom. The number of carbonyl (C=O) groups excluding carboxylic acids is 1. The Morgan fingerprint density at radius 1 is 1.16 bits per heavy atom. The highest BCUT2D eigenvalue weighted by Gasteiger charge is 2.17. The van der Waals surface area contributed by atoms with E-state index in [1.807, 2.05) is 12.1 Å². The number of hydrogen-bond donors (Lipinski definition) is 2. The number of quaternary nitrogens is 1. The largest absolute Gasteiger partial charge is 0.451 e. The van der Waals surface area contributed by atoms with Gasteiger partial charge in [-0.2, -0.15) is 0 Å². The van der Waals surface area contributed by atoms with Gasteiger partial charge < -0.3 is 10.1 Å². The predicted octanol–water partition coefficient (Wildman–Crippen LogP) is 3.27. The van der Waals surface area contributed by atoms with Gasteiger partial charge >= 0.3 is 5.91 Å². The van der Waals surface area contributed by atoms with E-state index in [0.717, 1.165) is 37.2 Å². The fraction of sp³-hybridized carbons (Fsp3) is 0.316. The van der Waals surface area contributed by atoms with Gasteiger partial charge in [0, 0.05) is 6.54 Å². The van der Waals surface area contributed by atoms with Crippen LogP contribution in [-0.2, 0) is 6.54 Å². The topological polar surface area (TPSA) is 66.0 Å². The lowest BCUT2D eigenvalue weighted by atomic mass is 10.1. The second kappa shape index (κ2) is 8.69. The van der Waals surface area contributed by atoms with Gasteiger partial charge in [-0.1, -0.05) is 26.0 Å². The highest BCUT2D eigenvalue weighted by Crippen LogP contribution is 2.28. The summed E-state index contributed by atoms with van der Waals surface area (Å²) in [6.07, 6.45) is 1.10. The molecule has 0 unspecified atom stereocenters. The molecule has 0 spiro atoms. The molecule has 0 fully saturated rings. The maximum Gasteiger partial charge on any atom is 0.341 e. The zero-order valence-electron chi connectivity index (χ0n) is 14.4. The number of halogens is 2. The number of nitrogens with one attached hydrogen (secondary N) is 1. The summed E-state index contributed by atoms with van der Waals surface area (Å²) < 4.78 is 33.2. The van der Waals surface area contributed by atoms with Crippen molar-refractivity contribution in [1.82, 2.24) is 5.32 Å². The molecule has 0 aliphatic heterocycles. The lowest BCUT2D eigenvalue weighted by Gasteiger charge is -2.10. The molecule has 134 valence electrons. The van der Waals surface area contributed by atoms with Gasteiger partial charge in [-0.3, -0.25) is 5.73 Å². The summed E-state index contributed by atoms with van der Waals surface area (Å²) in [7, 11) is 0. The zero-order valence-corrected chi connectivity index (χ0v) is 14.4. The Bertz CT molecular complexity index is 708. The minimum absolute atomic E-state index is 0.134. The van der Waals surface area contributed by atoms with Gasteiger partial charge in [0.15, 0.2) is 17.4 Å². The number of carbonyl (C=O) groups is 1. The van der Waals surface area contributed by atoms with Crippen LogP contribution in [-0.4, -0.2) is 12.5 Å². The molecule has 0 atom stereocenters. The van der Waals surface area contributed by atoms with Crippen molar-refractivity contribution in [2.75, 3.05) is 6.54 Å². The molecule has 2 aromatic rings. The molecule has 0 saturated heterocycles. The second-order valence-electron chi connectivity index (χ2n) is 6.30. The molecule has 0 aliphatic carbocycles. The van der Waals surface area contributed by atoms with Gasteiger partial charge in [-0.15, -0.1) is 0 Å². The third-order valence-electron chi connectivity index (χ3n) is 3.69. The SMILES string of the molecule is CC(C)CCNCc1ccc(Oc2c(F)cc(C([NH3+])=O)cc2F)cc1. The summed E-state index contributed by atoms with van der Waals surface area (Å²) in [5.41, 5.74) is 4.05. The monoisotopic (exact) mass is 349 g/mol. The van der Waals surface area contributed by atoms with Crippen LogP contribution in [0.4, 0.5) is 8.78 Å². The standard InChI is InChI=1S/C19H22F2N2O2/c1-12(2)7-8-23-11-13-3-5-15(6-4-13)25-18-16(20)9-14(19(22)24)10-17(18)21/h3-6,9-10,12,23H,7-8,11H2,1-2H3,(H2,22,24)/p+1. The van der Waals surface area contributed by atoms with Gasteiger partial charge in [0.1, 0.15) is 5.75 Å². The van der Waals surface area contributed by atoms with Crippen LogP contribution in [0.3, 0.4) is 0 Å². The van der Waals surface area contributed by atoms with E-state index in [9.17, 15) is 13.6 Å². The summed E-state index contributed by atoms with van der Waals surface area (Å²) in [4.78, 5) is 11.1. The van der Waals surface area contributed by atoms with E-state index in [1.54, 1.807) is 12.1 Å². The molecular formula is C19H23F2N2O2+. The van der Waals surface area contributed by atoms with Crippen LogP contribution in [0, 0.1) is 17.6 Å². The van der Waals surface area contributed by atoms with Crippen LogP contribution < -0.4 is 15.8 Å². The van der Waals surface area contributed by atoms with Crippen molar-refractivity contribution in [1.29, 1.82) is 0 Å². The van der Waals surface area contributed by atoms with Gasteiger partial charge in [0.05, 0.1) is 5.56 Å². The fourth-order valence-corrected chi connectivity index (χ4v) is 2.24. The summed E-state index contributed by atoms with van der Waals surface area (Å²) >= 11 is 0. The van der Waals surface area contributed by atoms with Crippen LogP contribution in [0.1, 0.15) is 36.2 Å². The van der Waals surface area contributed by atoms with E-state index in [0.29, 0.717) is 11.7 Å². The molecule has 2 rings (SSSR count). The van der Waals surface area contributed by atoms with Gasteiger partial charge in [-0.05, 0) is 48.7 Å². The smallest absolute Gasteiger partial charge is 0.341 e. The Morgan fingerprint density at radius 3 is 2.28 bits per heavy atom. The highest BCUT2D eigenvalue weighted by atomic mass is 19.1. The Balaban J connectivity index is 2.00. The minimum Gasteiger partial charge on any atom is -0.451 e. The molecule has 0 aliphatic rings. The number of benzene rings is 2. The van der Waals surface area contributed by atoms with Gasteiger partial charge in [-0.25, -0.2) is 13.6 Å². The van der Waals surface area contributed by atoms with E-state index in [4.69, 9.17) is 4.74 Å². The molecule has 0 saturated carbocycles. The first-order valence-corrected chi connectivity index (χ1v) is 8.19. The quantitative estimate of drug-likeness (QED) is 0.719. The van der Waals surface area contributed by atoms with Gasteiger partial charge in [0.25, 0.3) is 0 Å². The molecule has 25 heavy (non-hydrogen) atoms. The lowest BCUT2D eigenvalue weighted by molar-refractivity contribution is -0.255. The average molecular weight is 349 g/mol. The minimum atomic E-state index is -0.938. The summed E-state index contributed by atoms with van der Waals surface area (Å²) in [5, 5.41) is 3.34. The van der Waals surface area contributed by atoms with Gasteiger partial charge in [0.2, 0.25) is 0 Å². The zero-order chi connectivity index (χ0) is 18.4. The van der Waals surface area contributed by atoms with E-state index >= 15 is 0 Å². The first-order chi connectivity index (χ1) is 11.9. The van der Waals surface area contributed by atoms with E-state index < -0.39 is 23.3 Å². The third-order valence-corrected chi connectivity index (χ3v) is 3.69. The maximum absolute atomic E-state index is 14.0. The predicted molar refractivity (Wildman–Crippen MR) is 91.3 cm³/mol. The van der Waals surface area contributed by atoms with Crippen molar-refractivity contribution in [2.45, 2.75) is 26.8 Å². The van der Waals surface area contributed by atoms with Crippen molar-refractivity contribution >= 4 is 5.91 Å². The molecule has 0 aromatic heterocycles. The second-order valence-corrected chi connectivity index (χ2v) is 6.30. The van der Waals surface area contributed by atoms with Crippen LogP contribution >= 0.6 is 0 Å². The molecule has 6 heteroatoms. The average Bonchev–Trinajstić information content (AvgIpc) is 2.55. The molecule has 0 heterocycles. The van der Waals surface area contributed by atoms with E-state index in [1.165, 1.54) is 0 Å².